The number of carboxylic acid groups (broad SMARTS) is 1. The molecule has 0 saturated heterocycles. The number of hydrogen-bond donors (Lipinski definition) is 2. The first kappa shape index (κ1) is 17.8. The number of aromatic nitrogens is 2. The molecule has 6 nitrogen and oxygen atoms in total. The van der Waals surface area contributed by atoms with Crippen molar-refractivity contribution in [1.82, 2.24) is 10.2 Å². The number of nitrogens with two attached hydrogens (primary N) is 1. The minimum Gasteiger partial charge on any atom is -0.478 e. The molecule has 1 saturated carbocycles. The molecule has 6 heteroatoms. The number of aryl methyl sites for hydroxylation is 2. The number of nitrogens with zero attached hydrogens (tertiary/aromatic N) is 2. The molecule has 0 spiro atoms. The molecule has 1 aliphatic carbocycles. The standard InChI is InChI=1S/C17H14N2O3.C3H7N/c1-10-8-14(16-19-18-11(2)22-16)15(17(20)21)9-13(10)12-6-4-3-5-7-12;4-3-1-2-3/h3-9H,1-2H3,(H,20,21);3H,1-2,4H2. The number of rotatable bonds is 3. The molecule has 4 rings (SSSR count). The molecule has 134 valence electrons. The first-order valence-corrected chi connectivity index (χ1v) is 8.45. The van der Waals surface area contributed by atoms with Crippen molar-refractivity contribution in [2.24, 2.45) is 5.73 Å². The molecular formula is C20H21N3O3. The Labute approximate surface area is 151 Å². The van der Waals surface area contributed by atoms with Crippen molar-refractivity contribution < 1.29 is 14.3 Å². The summed E-state index contributed by atoms with van der Waals surface area (Å²) in [5, 5.41) is 17.2. The van der Waals surface area contributed by atoms with Crippen LogP contribution in [0.15, 0.2) is 46.9 Å². The first-order valence-electron chi connectivity index (χ1n) is 8.45. The summed E-state index contributed by atoms with van der Waals surface area (Å²) >= 11 is 0. The average molecular weight is 351 g/mol. The van der Waals surface area contributed by atoms with Crippen LogP contribution in [0.4, 0.5) is 0 Å². The highest BCUT2D eigenvalue weighted by atomic mass is 16.4. The van der Waals surface area contributed by atoms with E-state index in [9.17, 15) is 9.90 Å². The monoisotopic (exact) mass is 351 g/mol. The molecule has 1 aromatic heterocycles. The van der Waals surface area contributed by atoms with Gasteiger partial charge in [-0.2, -0.15) is 0 Å². The molecular weight excluding hydrogens is 330 g/mol. The second kappa shape index (κ2) is 7.49. The largest absolute Gasteiger partial charge is 0.478 e. The summed E-state index contributed by atoms with van der Waals surface area (Å²) in [6, 6.07) is 13.7. The molecule has 0 aliphatic heterocycles. The van der Waals surface area contributed by atoms with Gasteiger partial charge in [0.15, 0.2) is 0 Å². The Hall–Kier alpha value is -2.99. The lowest BCUT2D eigenvalue weighted by atomic mass is 9.94. The number of aromatic carboxylic acids is 1. The summed E-state index contributed by atoms with van der Waals surface area (Å²) in [4.78, 5) is 11.6. The molecule has 3 aromatic rings. The van der Waals surface area contributed by atoms with Crippen LogP contribution in [0, 0.1) is 13.8 Å². The summed E-state index contributed by atoms with van der Waals surface area (Å²) in [7, 11) is 0. The van der Waals surface area contributed by atoms with Gasteiger partial charge >= 0.3 is 5.97 Å². The van der Waals surface area contributed by atoms with E-state index in [2.05, 4.69) is 10.2 Å². The average Bonchev–Trinajstić information content (AvgIpc) is 3.29. The highest BCUT2D eigenvalue weighted by Crippen LogP contribution is 2.31. The number of hydrogen-bond acceptors (Lipinski definition) is 5. The van der Waals surface area contributed by atoms with Gasteiger partial charge in [-0.05, 0) is 48.6 Å². The highest BCUT2D eigenvalue weighted by Gasteiger charge is 2.19. The van der Waals surface area contributed by atoms with Gasteiger partial charge in [0.2, 0.25) is 11.8 Å². The second-order valence-corrected chi connectivity index (χ2v) is 6.35. The maximum absolute atomic E-state index is 11.6. The van der Waals surface area contributed by atoms with Crippen molar-refractivity contribution in [3.8, 4) is 22.6 Å². The van der Waals surface area contributed by atoms with Crippen molar-refractivity contribution in [1.29, 1.82) is 0 Å². The molecule has 0 unspecified atom stereocenters. The van der Waals surface area contributed by atoms with Crippen LogP contribution in [-0.2, 0) is 0 Å². The van der Waals surface area contributed by atoms with Crippen molar-refractivity contribution in [3.63, 3.8) is 0 Å². The van der Waals surface area contributed by atoms with E-state index in [1.54, 1.807) is 19.1 Å². The van der Waals surface area contributed by atoms with Gasteiger partial charge < -0.3 is 15.3 Å². The number of carbonyl (C=O) groups is 1. The van der Waals surface area contributed by atoms with Gasteiger partial charge in [-0.15, -0.1) is 10.2 Å². The third-order valence-corrected chi connectivity index (χ3v) is 4.06. The van der Waals surface area contributed by atoms with Gasteiger partial charge in [0.25, 0.3) is 0 Å². The predicted molar refractivity (Wildman–Crippen MR) is 98.8 cm³/mol. The van der Waals surface area contributed by atoms with Crippen LogP contribution in [-0.4, -0.2) is 27.3 Å². The zero-order chi connectivity index (χ0) is 18.7. The maximum Gasteiger partial charge on any atom is 0.336 e. The fraction of sp³-hybridized carbons (Fsp3) is 0.250. The molecule has 1 fully saturated rings. The quantitative estimate of drug-likeness (QED) is 0.743. The molecule has 26 heavy (non-hydrogen) atoms. The minimum atomic E-state index is -1.02. The molecule has 0 atom stereocenters. The Morgan fingerprint density at radius 2 is 1.77 bits per heavy atom. The summed E-state index contributed by atoms with van der Waals surface area (Å²) < 4.78 is 5.38. The molecule has 0 amide bonds. The lowest BCUT2D eigenvalue weighted by Crippen LogP contribution is -2.02. The normalized spacial score (nSPS) is 13.0. The van der Waals surface area contributed by atoms with E-state index in [0.717, 1.165) is 16.7 Å². The Balaban J connectivity index is 0.000000433. The van der Waals surface area contributed by atoms with Gasteiger partial charge in [-0.3, -0.25) is 0 Å². The third-order valence-electron chi connectivity index (χ3n) is 4.06. The zero-order valence-corrected chi connectivity index (χ0v) is 14.8. The van der Waals surface area contributed by atoms with Gasteiger partial charge in [0, 0.05) is 13.0 Å². The van der Waals surface area contributed by atoms with Crippen LogP contribution >= 0.6 is 0 Å². The molecule has 0 radical (unpaired) electrons. The van der Waals surface area contributed by atoms with Crippen LogP contribution in [0.25, 0.3) is 22.6 Å². The third kappa shape index (κ3) is 4.15. The van der Waals surface area contributed by atoms with Crippen LogP contribution in [0.3, 0.4) is 0 Å². The lowest BCUT2D eigenvalue weighted by Gasteiger charge is -2.10. The molecule has 1 heterocycles. The topological polar surface area (TPSA) is 102 Å². The van der Waals surface area contributed by atoms with Crippen LogP contribution < -0.4 is 5.73 Å². The van der Waals surface area contributed by atoms with Crippen molar-refractivity contribution in [2.45, 2.75) is 32.7 Å². The van der Waals surface area contributed by atoms with E-state index >= 15 is 0 Å². The summed E-state index contributed by atoms with van der Waals surface area (Å²) in [6.07, 6.45) is 2.53. The van der Waals surface area contributed by atoms with Gasteiger partial charge in [-0.25, -0.2) is 4.79 Å². The van der Waals surface area contributed by atoms with E-state index in [4.69, 9.17) is 10.2 Å². The van der Waals surface area contributed by atoms with Crippen molar-refractivity contribution in [2.75, 3.05) is 0 Å². The Morgan fingerprint density at radius 3 is 2.27 bits per heavy atom. The highest BCUT2D eigenvalue weighted by molar-refractivity contribution is 5.97. The first-order chi connectivity index (χ1) is 12.5. The second-order valence-electron chi connectivity index (χ2n) is 6.35. The molecule has 2 aromatic carbocycles. The van der Waals surface area contributed by atoms with E-state index in [0.29, 0.717) is 17.5 Å². The summed E-state index contributed by atoms with van der Waals surface area (Å²) in [5.74, 6) is -0.406. The van der Waals surface area contributed by atoms with Gasteiger partial charge in [0.1, 0.15) is 0 Å². The predicted octanol–water partition coefficient (Wildman–Crippen LogP) is 3.83. The SMILES string of the molecule is Cc1nnc(-c2cc(C)c(-c3ccccc3)cc2C(=O)O)o1.NC1CC1. The Bertz CT molecular complexity index is 915. The number of benzene rings is 2. The van der Waals surface area contributed by atoms with Crippen molar-refractivity contribution in [3.05, 3.63) is 59.5 Å². The molecule has 0 bridgehead atoms. The van der Waals surface area contributed by atoms with E-state index in [1.165, 1.54) is 12.8 Å². The Morgan fingerprint density at radius 1 is 1.12 bits per heavy atom. The van der Waals surface area contributed by atoms with Crippen molar-refractivity contribution >= 4 is 5.97 Å². The fourth-order valence-electron chi connectivity index (χ4n) is 2.49. The van der Waals surface area contributed by atoms with E-state index < -0.39 is 5.97 Å². The lowest BCUT2D eigenvalue weighted by molar-refractivity contribution is 0.0697. The zero-order valence-electron chi connectivity index (χ0n) is 14.8. The van der Waals surface area contributed by atoms with Gasteiger partial charge in [-0.1, -0.05) is 30.3 Å². The smallest absolute Gasteiger partial charge is 0.336 e. The van der Waals surface area contributed by atoms with Crippen LogP contribution in [0.5, 0.6) is 0 Å². The summed E-state index contributed by atoms with van der Waals surface area (Å²) in [6.45, 7) is 3.60. The molecule has 3 N–H and O–H groups in total. The summed E-state index contributed by atoms with van der Waals surface area (Å²) in [5.41, 5.74) is 8.59. The van der Waals surface area contributed by atoms with Crippen LogP contribution in [0.1, 0.15) is 34.7 Å². The van der Waals surface area contributed by atoms with E-state index in [1.807, 2.05) is 37.3 Å². The maximum atomic E-state index is 11.6. The fourth-order valence-corrected chi connectivity index (χ4v) is 2.49. The Kier molecular flexibility index (Phi) is 5.14. The van der Waals surface area contributed by atoms with Crippen LogP contribution in [0.2, 0.25) is 0 Å². The van der Waals surface area contributed by atoms with Gasteiger partial charge in [0.05, 0.1) is 11.1 Å². The number of carboxylic acids is 1. The minimum absolute atomic E-state index is 0.146. The van der Waals surface area contributed by atoms with E-state index in [-0.39, 0.29) is 11.5 Å². The molecule has 1 aliphatic rings.